The van der Waals surface area contributed by atoms with Crippen molar-refractivity contribution < 1.29 is 9.18 Å². The first-order chi connectivity index (χ1) is 14.7. The van der Waals surface area contributed by atoms with Crippen molar-refractivity contribution in [2.45, 2.75) is 18.5 Å². The third kappa shape index (κ3) is 4.33. The highest BCUT2D eigenvalue weighted by molar-refractivity contribution is 8.00. The Hall–Kier alpha value is -3.26. The molecule has 0 saturated heterocycles. The van der Waals surface area contributed by atoms with Gasteiger partial charge in [0, 0.05) is 13.1 Å². The predicted octanol–water partition coefficient (Wildman–Crippen LogP) is 4.10. The van der Waals surface area contributed by atoms with E-state index in [2.05, 4.69) is 15.1 Å². The highest BCUT2D eigenvalue weighted by Gasteiger charge is 2.16. The van der Waals surface area contributed by atoms with Crippen molar-refractivity contribution in [3.05, 3.63) is 78.5 Å². The Balaban J connectivity index is 1.50. The molecule has 2 aromatic carbocycles. The summed E-state index contributed by atoms with van der Waals surface area (Å²) in [4.78, 5) is 23.2. The van der Waals surface area contributed by atoms with Crippen molar-refractivity contribution in [1.29, 1.82) is 0 Å². The number of rotatable bonds is 7. The number of hydrogen-bond donors (Lipinski definition) is 0. The van der Waals surface area contributed by atoms with E-state index in [0.29, 0.717) is 29.5 Å². The zero-order valence-electron chi connectivity index (χ0n) is 16.4. The van der Waals surface area contributed by atoms with Crippen molar-refractivity contribution in [2.24, 2.45) is 0 Å². The van der Waals surface area contributed by atoms with Gasteiger partial charge in [-0.05, 0) is 36.8 Å². The minimum atomic E-state index is -0.310. The molecule has 1 amide bonds. The van der Waals surface area contributed by atoms with E-state index in [-0.39, 0.29) is 17.5 Å². The average molecular weight is 422 g/mol. The highest BCUT2D eigenvalue weighted by Crippen LogP contribution is 2.26. The number of carbonyl (C=O) groups is 1. The van der Waals surface area contributed by atoms with Gasteiger partial charge in [0.2, 0.25) is 5.91 Å². The van der Waals surface area contributed by atoms with Gasteiger partial charge in [-0.25, -0.2) is 19.0 Å². The summed E-state index contributed by atoms with van der Waals surface area (Å²) in [6, 6.07) is 16.0. The van der Waals surface area contributed by atoms with E-state index < -0.39 is 0 Å². The molecule has 0 spiro atoms. The Morgan fingerprint density at radius 3 is 2.60 bits per heavy atom. The first-order valence-corrected chi connectivity index (χ1v) is 10.5. The van der Waals surface area contributed by atoms with Gasteiger partial charge >= 0.3 is 0 Å². The van der Waals surface area contributed by atoms with Gasteiger partial charge in [-0.3, -0.25) is 4.79 Å². The Morgan fingerprint density at radius 2 is 1.87 bits per heavy atom. The van der Waals surface area contributed by atoms with Crippen LogP contribution in [0.5, 0.6) is 0 Å². The lowest BCUT2D eigenvalue weighted by molar-refractivity contribution is -0.128. The number of carbonyl (C=O) groups excluding carboxylic acids is 1. The fourth-order valence-corrected chi connectivity index (χ4v) is 3.97. The van der Waals surface area contributed by atoms with Crippen LogP contribution in [-0.4, -0.2) is 42.9 Å². The molecule has 8 heteroatoms. The Bertz CT molecular complexity index is 1150. The number of halogens is 1. The second-order valence-electron chi connectivity index (χ2n) is 6.63. The standard InChI is InChI=1S/C22H20FN5OS/c1-2-27(13-16-6-4-3-5-7-16)20(29)14-30-22-19-12-26-28(21(19)24-15-25-22)18-10-8-17(23)9-11-18/h3-12,15H,2,13-14H2,1H3. The first kappa shape index (κ1) is 20.0. The zero-order chi connectivity index (χ0) is 20.9. The van der Waals surface area contributed by atoms with E-state index in [1.165, 1.54) is 30.2 Å². The number of amides is 1. The van der Waals surface area contributed by atoms with Gasteiger partial charge in [-0.2, -0.15) is 5.10 Å². The van der Waals surface area contributed by atoms with Gasteiger partial charge in [0.05, 0.1) is 23.0 Å². The van der Waals surface area contributed by atoms with E-state index >= 15 is 0 Å². The van der Waals surface area contributed by atoms with Gasteiger partial charge in [-0.1, -0.05) is 42.1 Å². The van der Waals surface area contributed by atoms with E-state index in [1.54, 1.807) is 23.0 Å². The minimum Gasteiger partial charge on any atom is -0.338 e. The van der Waals surface area contributed by atoms with Crippen molar-refractivity contribution in [1.82, 2.24) is 24.6 Å². The molecule has 0 atom stereocenters. The molecule has 2 aromatic heterocycles. The topological polar surface area (TPSA) is 63.9 Å². The largest absolute Gasteiger partial charge is 0.338 e. The summed E-state index contributed by atoms with van der Waals surface area (Å²) in [5, 5.41) is 5.82. The lowest BCUT2D eigenvalue weighted by atomic mass is 10.2. The molecule has 0 bridgehead atoms. The quantitative estimate of drug-likeness (QED) is 0.332. The number of aromatic nitrogens is 4. The molecule has 0 saturated carbocycles. The number of hydrogen-bond acceptors (Lipinski definition) is 5. The second-order valence-corrected chi connectivity index (χ2v) is 7.60. The molecule has 152 valence electrons. The maximum absolute atomic E-state index is 13.2. The number of nitrogens with zero attached hydrogens (tertiary/aromatic N) is 5. The van der Waals surface area contributed by atoms with Gasteiger partial charge in [0.25, 0.3) is 0 Å². The zero-order valence-corrected chi connectivity index (χ0v) is 17.2. The second kappa shape index (κ2) is 9.04. The van der Waals surface area contributed by atoms with Crippen LogP contribution in [0.3, 0.4) is 0 Å². The van der Waals surface area contributed by atoms with E-state index in [1.807, 2.05) is 42.2 Å². The average Bonchev–Trinajstić information content (AvgIpc) is 3.22. The van der Waals surface area contributed by atoms with Crippen LogP contribution in [0.4, 0.5) is 4.39 Å². The van der Waals surface area contributed by atoms with Gasteiger partial charge in [0.15, 0.2) is 5.65 Å². The van der Waals surface area contributed by atoms with Crippen LogP contribution in [0, 0.1) is 5.82 Å². The Kier molecular flexibility index (Phi) is 6.04. The predicted molar refractivity (Wildman–Crippen MR) is 115 cm³/mol. The summed E-state index contributed by atoms with van der Waals surface area (Å²) in [5.74, 6) is 0.00809. The van der Waals surface area contributed by atoms with Crippen LogP contribution in [0.2, 0.25) is 0 Å². The van der Waals surface area contributed by atoms with Gasteiger partial charge < -0.3 is 4.90 Å². The van der Waals surface area contributed by atoms with Gasteiger partial charge in [0.1, 0.15) is 17.2 Å². The van der Waals surface area contributed by atoms with E-state index in [4.69, 9.17) is 0 Å². The molecular formula is C22H20FN5OS. The molecule has 0 aliphatic carbocycles. The third-order valence-electron chi connectivity index (χ3n) is 4.68. The van der Waals surface area contributed by atoms with Crippen LogP contribution >= 0.6 is 11.8 Å². The summed E-state index contributed by atoms with van der Waals surface area (Å²) >= 11 is 1.37. The first-order valence-electron chi connectivity index (χ1n) is 9.55. The summed E-state index contributed by atoms with van der Waals surface area (Å²) < 4.78 is 14.9. The molecule has 0 aliphatic rings. The van der Waals surface area contributed by atoms with Crippen LogP contribution < -0.4 is 0 Å². The summed E-state index contributed by atoms with van der Waals surface area (Å²) in [6.45, 7) is 3.19. The van der Waals surface area contributed by atoms with Gasteiger partial charge in [-0.15, -0.1) is 0 Å². The lowest BCUT2D eigenvalue weighted by Crippen LogP contribution is -2.31. The van der Waals surface area contributed by atoms with Crippen LogP contribution in [0.1, 0.15) is 12.5 Å². The van der Waals surface area contributed by atoms with Crippen molar-refractivity contribution in [2.75, 3.05) is 12.3 Å². The normalized spacial score (nSPS) is 11.0. The molecule has 0 N–H and O–H groups in total. The maximum Gasteiger partial charge on any atom is 0.233 e. The lowest BCUT2D eigenvalue weighted by Gasteiger charge is -2.20. The maximum atomic E-state index is 13.2. The molecule has 0 unspecified atom stereocenters. The fraction of sp³-hybridized carbons (Fsp3) is 0.182. The van der Waals surface area contributed by atoms with Crippen LogP contribution in [-0.2, 0) is 11.3 Å². The summed E-state index contributed by atoms with van der Waals surface area (Å²) in [5.41, 5.74) is 2.42. The molecule has 30 heavy (non-hydrogen) atoms. The molecular weight excluding hydrogens is 401 g/mol. The van der Waals surface area contributed by atoms with Crippen LogP contribution in [0.15, 0.2) is 72.1 Å². The van der Waals surface area contributed by atoms with Crippen molar-refractivity contribution >= 4 is 28.7 Å². The minimum absolute atomic E-state index is 0.0454. The number of thioether (sulfide) groups is 1. The summed E-state index contributed by atoms with van der Waals surface area (Å²) in [7, 11) is 0. The van der Waals surface area contributed by atoms with E-state index in [0.717, 1.165) is 10.9 Å². The molecule has 4 aromatic rings. The molecule has 0 fully saturated rings. The molecule has 6 nitrogen and oxygen atoms in total. The fourth-order valence-electron chi connectivity index (χ4n) is 3.11. The Labute approximate surface area is 177 Å². The highest BCUT2D eigenvalue weighted by atomic mass is 32.2. The van der Waals surface area contributed by atoms with E-state index in [9.17, 15) is 9.18 Å². The third-order valence-corrected chi connectivity index (χ3v) is 5.67. The number of fused-ring (bicyclic) bond motifs is 1. The Morgan fingerprint density at radius 1 is 1.10 bits per heavy atom. The monoisotopic (exact) mass is 421 g/mol. The molecule has 0 radical (unpaired) electrons. The SMILES string of the molecule is CCN(Cc1ccccc1)C(=O)CSc1ncnc2c1cnn2-c1ccc(F)cc1. The van der Waals surface area contributed by atoms with Crippen LogP contribution in [0.25, 0.3) is 16.7 Å². The molecule has 2 heterocycles. The molecule has 4 rings (SSSR count). The summed E-state index contributed by atoms with van der Waals surface area (Å²) in [6.07, 6.45) is 3.13. The number of benzene rings is 2. The van der Waals surface area contributed by atoms with Crippen molar-refractivity contribution in [3.63, 3.8) is 0 Å². The smallest absolute Gasteiger partial charge is 0.233 e. The molecule has 0 aliphatic heterocycles. The van der Waals surface area contributed by atoms with Crippen molar-refractivity contribution in [3.8, 4) is 5.69 Å².